The van der Waals surface area contributed by atoms with Crippen molar-refractivity contribution >= 4 is 29.4 Å². The maximum atomic E-state index is 11.8. The van der Waals surface area contributed by atoms with Gasteiger partial charge in [-0.1, -0.05) is 0 Å². The number of hydrogen-bond acceptors (Lipinski definition) is 8. The molecule has 1 rings (SSSR count). The normalized spacial score (nSPS) is 10.0. The number of nitrogens with zero attached hydrogens (tertiary/aromatic N) is 1. The number of hydrogen-bond donors (Lipinski definition) is 1. The fraction of sp³-hybridized carbons (Fsp3) is 0.526. The number of nitrogens with one attached hydrogen (secondary N) is 1. The molecular formula is C19H28N2O7. The van der Waals surface area contributed by atoms with E-state index < -0.39 is 6.09 Å². The summed E-state index contributed by atoms with van der Waals surface area (Å²) in [5.41, 5.74) is 1.10. The van der Waals surface area contributed by atoms with Gasteiger partial charge in [-0.2, -0.15) is 0 Å². The average molecular weight is 396 g/mol. The van der Waals surface area contributed by atoms with Crippen LogP contribution in [0.25, 0.3) is 0 Å². The molecule has 1 aromatic rings. The van der Waals surface area contributed by atoms with E-state index in [0.717, 1.165) is 0 Å². The maximum Gasteiger partial charge on any atom is 0.411 e. The second-order valence-corrected chi connectivity index (χ2v) is 5.60. The van der Waals surface area contributed by atoms with Gasteiger partial charge in [0.1, 0.15) is 5.75 Å². The molecule has 0 bridgehead atoms. The SMILES string of the molecule is CCOC(=O)CCN(CCC(=O)OCC)c1cc(NC(=O)OC)ccc1OC. The molecule has 1 N–H and O–H groups in total. The molecule has 0 aromatic heterocycles. The van der Waals surface area contributed by atoms with E-state index in [1.165, 1.54) is 14.2 Å². The van der Waals surface area contributed by atoms with Crippen molar-refractivity contribution in [2.24, 2.45) is 0 Å². The number of anilines is 2. The lowest BCUT2D eigenvalue weighted by molar-refractivity contribution is -0.143. The van der Waals surface area contributed by atoms with Gasteiger partial charge < -0.3 is 23.8 Å². The summed E-state index contributed by atoms with van der Waals surface area (Å²) in [5.74, 6) is -0.152. The summed E-state index contributed by atoms with van der Waals surface area (Å²) < 4.78 is 20.0. The lowest BCUT2D eigenvalue weighted by Gasteiger charge is -2.26. The average Bonchev–Trinajstić information content (AvgIpc) is 2.68. The first-order chi connectivity index (χ1) is 13.4. The van der Waals surface area contributed by atoms with Crippen molar-refractivity contribution in [2.75, 3.05) is 50.7 Å². The van der Waals surface area contributed by atoms with Gasteiger partial charge in [0.05, 0.1) is 46.0 Å². The summed E-state index contributed by atoms with van der Waals surface area (Å²) in [6.45, 7) is 4.67. The second-order valence-electron chi connectivity index (χ2n) is 5.60. The molecular weight excluding hydrogens is 368 g/mol. The zero-order chi connectivity index (χ0) is 20.9. The largest absolute Gasteiger partial charge is 0.495 e. The molecule has 0 aliphatic carbocycles. The van der Waals surface area contributed by atoms with E-state index in [1.807, 2.05) is 4.90 Å². The number of ether oxygens (including phenoxy) is 4. The third-order valence-corrected chi connectivity index (χ3v) is 3.73. The Balaban J connectivity index is 3.06. The van der Waals surface area contributed by atoms with Crippen LogP contribution >= 0.6 is 0 Å². The van der Waals surface area contributed by atoms with E-state index in [9.17, 15) is 14.4 Å². The third-order valence-electron chi connectivity index (χ3n) is 3.73. The standard InChI is InChI=1S/C19H28N2O7/c1-5-27-17(22)9-11-21(12-10-18(23)28-6-2)15-13-14(20-19(24)26-4)7-8-16(15)25-3/h7-8,13H,5-6,9-12H2,1-4H3,(H,20,24). The van der Waals surface area contributed by atoms with Gasteiger partial charge in [0.2, 0.25) is 0 Å². The number of esters is 2. The number of amides is 1. The van der Waals surface area contributed by atoms with Crippen LogP contribution in [0.4, 0.5) is 16.2 Å². The van der Waals surface area contributed by atoms with Crippen LogP contribution < -0.4 is 15.0 Å². The Labute approximate surface area is 164 Å². The summed E-state index contributed by atoms with van der Waals surface area (Å²) in [7, 11) is 2.78. The van der Waals surface area contributed by atoms with Crippen molar-refractivity contribution in [3.05, 3.63) is 18.2 Å². The van der Waals surface area contributed by atoms with E-state index in [2.05, 4.69) is 10.1 Å². The lowest BCUT2D eigenvalue weighted by Crippen LogP contribution is -2.30. The van der Waals surface area contributed by atoms with Gasteiger partial charge in [0, 0.05) is 18.8 Å². The van der Waals surface area contributed by atoms with Crippen LogP contribution in [-0.4, -0.2) is 58.6 Å². The molecule has 0 unspecified atom stereocenters. The monoisotopic (exact) mass is 396 g/mol. The van der Waals surface area contributed by atoms with Gasteiger partial charge in [-0.05, 0) is 32.0 Å². The highest BCUT2D eigenvalue weighted by molar-refractivity contribution is 5.86. The molecule has 0 heterocycles. The first-order valence-electron chi connectivity index (χ1n) is 9.04. The molecule has 0 aliphatic rings. The summed E-state index contributed by atoms with van der Waals surface area (Å²) in [6, 6.07) is 5.03. The molecule has 0 spiro atoms. The molecule has 0 radical (unpaired) electrons. The molecule has 1 amide bonds. The predicted molar refractivity (Wildman–Crippen MR) is 104 cm³/mol. The van der Waals surface area contributed by atoms with Gasteiger partial charge in [-0.25, -0.2) is 4.79 Å². The molecule has 0 saturated carbocycles. The van der Waals surface area contributed by atoms with Crippen molar-refractivity contribution in [3.8, 4) is 5.75 Å². The Bertz CT molecular complexity index is 642. The van der Waals surface area contributed by atoms with Gasteiger partial charge in [-0.15, -0.1) is 0 Å². The van der Waals surface area contributed by atoms with E-state index in [4.69, 9.17) is 14.2 Å². The van der Waals surface area contributed by atoms with E-state index in [-0.39, 0.29) is 24.8 Å². The van der Waals surface area contributed by atoms with Crippen molar-refractivity contribution in [3.63, 3.8) is 0 Å². The fourth-order valence-corrected chi connectivity index (χ4v) is 2.46. The summed E-state index contributed by atoms with van der Waals surface area (Å²) in [6.07, 6.45) is -0.344. The van der Waals surface area contributed by atoms with Crippen molar-refractivity contribution < 1.29 is 33.3 Å². The first kappa shape index (κ1) is 23.1. The molecule has 156 valence electrons. The van der Waals surface area contributed by atoms with Crippen molar-refractivity contribution in [2.45, 2.75) is 26.7 Å². The predicted octanol–water partition coefficient (Wildman–Crippen LogP) is 2.59. The zero-order valence-corrected chi connectivity index (χ0v) is 16.8. The summed E-state index contributed by atoms with van der Waals surface area (Å²) in [4.78, 5) is 36.9. The van der Waals surface area contributed by atoms with Crippen molar-refractivity contribution in [1.82, 2.24) is 0 Å². The van der Waals surface area contributed by atoms with Gasteiger partial charge >= 0.3 is 18.0 Å². The van der Waals surface area contributed by atoms with Crippen LogP contribution in [0.2, 0.25) is 0 Å². The summed E-state index contributed by atoms with van der Waals surface area (Å²) >= 11 is 0. The number of carbonyl (C=O) groups is 3. The number of rotatable bonds is 11. The molecule has 28 heavy (non-hydrogen) atoms. The molecule has 1 aromatic carbocycles. The summed E-state index contributed by atoms with van der Waals surface area (Å²) in [5, 5.41) is 2.58. The van der Waals surface area contributed by atoms with Gasteiger partial charge in [0.25, 0.3) is 0 Å². The minimum absolute atomic E-state index is 0.133. The third kappa shape index (κ3) is 7.73. The first-order valence-corrected chi connectivity index (χ1v) is 9.04. The Hall–Kier alpha value is -2.97. The molecule has 0 aliphatic heterocycles. The topological polar surface area (TPSA) is 103 Å². The minimum Gasteiger partial charge on any atom is -0.495 e. The fourth-order valence-electron chi connectivity index (χ4n) is 2.46. The van der Waals surface area contributed by atoms with E-state index in [1.54, 1.807) is 32.0 Å². The number of benzene rings is 1. The van der Waals surface area contributed by atoms with E-state index in [0.29, 0.717) is 43.4 Å². The smallest absolute Gasteiger partial charge is 0.411 e. The molecule has 0 saturated heterocycles. The Morgan fingerprint density at radius 3 is 2.00 bits per heavy atom. The van der Waals surface area contributed by atoms with Crippen LogP contribution in [0.15, 0.2) is 18.2 Å². The number of carbonyl (C=O) groups excluding carboxylic acids is 3. The lowest BCUT2D eigenvalue weighted by atomic mass is 10.2. The van der Waals surface area contributed by atoms with Crippen LogP contribution in [0.5, 0.6) is 5.75 Å². The molecule has 9 nitrogen and oxygen atoms in total. The quantitative estimate of drug-likeness (QED) is 0.450. The highest BCUT2D eigenvalue weighted by Gasteiger charge is 2.17. The van der Waals surface area contributed by atoms with Crippen LogP contribution in [0, 0.1) is 0 Å². The van der Waals surface area contributed by atoms with E-state index >= 15 is 0 Å². The zero-order valence-electron chi connectivity index (χ0n) is 16.8. The van der Waals surface area contributed by atoms with Gasteiger partial charge in [0.15, 0.2) is 0 Å². The maximum absolute atomic E-state index is 11.8. The Morgan fingerprint density at radius 1 is 0.964 bits per heavy atom. The molecule has 9 heteroatoms. The van der Waals surface area contributed by atoms with Gasteiger partial charge in [-0.3, -0.25) is 14.9 Å². The Kier molecular flexibility index (Phi) is 10.2. The second kappa shape index (κ2) is 12.4. The molecule has 0 fully saturated rings. The van der Waals surface area contributed by atoms with Crippen LogP contribution in [-0.2, 0) is 23.8 Å². The Morgan fingerprint density at radius 2 is 1.54 bits per heavy atom. The molecule has 0 atom stereocenters. The van der Waals surface area contributed by atoms with Crippen molar-refractivity contribution in [1.29, 1.82) is 0 Å². The highest BCUT2D eigenvalue weighted by atomic mass is 16.5. The highest BCUT2D eigenvalue weighted by Crippen LogP contribution is 2.32. The van der Waals surface area contributed by atoms with Crippen LogP contribution in [0.1, 0.15) is 26.7 Å². The minimum atomic E-state index is -0.610. The van der Waals surface area contributed by atoms with Crippen LogP contribution in [0.3, 0.4) is 0 Å². The number of methoxy groups -OCH3 is 2.